The van der Waals surface area contributed by atoms with Gasteiger partial charge < -0.3 is 14.3 Å². The number of hydrogen-bond acceptors (Lipinski definition) is 5. The van der Waals surface area contributed by atoms with E-state index in [0.717, 1.165) is 41.8 Å². The van der Waals surface area contributed by atoms with Gasteiger partial charge in [0.25, 0.3) is 5.91 Å². The molecule has 1 unspecified atom stereocenters. The second kappa shape index (κ2) is 6.20. The van der Waals surface area contributed by atoms with Crippen molar-refractivity contribution in [3.63, 3.8) is 0 Å². The standard InChI is InChI=1S/C19H19N3O3/c1-3-14-9-17(22-25-14)13-4-6-15-12(8-13)5-7-16(15)21-19(23)18-10-20-11(2)24-18/h4,6,8-10,16H,3,5,7H2,1-2H3,(H,21,23). The number of aryl methyl sites for hydroxylation is 3. The van der Waals surface area contributed by atoms with Gasteiger partial charge in [-0.3, -0.25) is 4.79 Å². The van der Waals surface area contributed by atoms with E-state index in [2.05, 4.69) is 27.6 Å². The van der Waals surface area contributed by atoms with Crippen molar-refractivity contribution < 1.29 is 13.7 Å². The molecule has 2 heterocycles. The van der Waals surface area contributed by atoms with Crippen molar-refractivity contribution in [3.8, 4) is 11.3 Å². The highest BCUT2D eigenvalue weighted by Gasteiger charge is 2.26. The van der Waals surface area contributed by atoms with Gasteiger partial charge in [-0.2, -0.15) is 0 Å². The van der Waals surface area contributed by atoms with E-state index >= 15 is 0 Å². The first-order valence-corrected chi connectivity index (χ1v) is 8.46. The van der Waals surface area contributed by atoms with Crippen LogP contribution in [0.3, 0.4) is 0 Å². The number of aromatic nitrogens is 2. The van der Waals surface area contributed by atoms with Gasteiger partial charge in [-0.25, -0.2) is 4.98 Å². The average Bonchev–Trinajstić information content (AvgIpc) is 3.34. The highest BCUT2D eigenvalue weighted by molar-refractivity contribution is 5.91. The fourth-order valence-electron chi connectivity index (χ4n) is 3.24. The Morgan fingerprint density at radius 3 is 2.96 bits per heavy atom. The van der Waals surface area contributed by atoms with E-state index in [9.17, 15) is 4.79 Å². The van der Waals surface area contributed by atoms with Gasteiger partial charge in [-0.1, -0.05) is 24.2 Å². The number of nitrogens with zero attached hydrogens (tertiary/aromatic N) is 2. The molecule has 0 saturated carbocycles. The Hall–Kier alpha value is -2.89. The van der Waals surface area contributed by atoms with Crippen molar-refractivity contribution in [3.05, 3.63) is 59.0 Å². The highest BCUT2D eigenvalue weighted by atomic mass is 16.5. The first-order chi connectivity index (χ1) is 12.1. The molecule has 128 valence electrons. The Morgan fingerprint density at radius 1 is 1.36 bits per heavy atom. The minimum Gasteiger partial charge on any atom is -0.436 e. The van der Waals surface area contributed by atoms with Gasteiger partial charge in [-0.05, 0) is 30.0 Å². The molecule has 0 aliphatic heterocycles. The Bertz CT molecular complexity index is 926. The number of nitrogens with one attached hydrogen (secondary N) is 1. The van der Waals surface area contributed by atoms with Crippen molar-refractivity contribution in [1.29, 1.82) is 0 Å². The number of carbonyl (C=O) groups excluding carboxylic acids is 1. The summed E-state index contributed by atoms with van der Waals surface area (Å²) in [6.07, 6.45) is 4.07. The van der Waals surface area contributed by atoms with Gasteiger partial charge >= 0.3 is 0 Å². The predicted octanol–water partition coefficient (Wildman–Crippen LogP) is 3.62. The largest absolute Gasteiger partial charge is 0.436 e. The summed E-state index contributed by atoms with van der Waals surface area (Å²) < 4.78 is 10.6. The number of rotatable bonds is 4. The second-order valence-electron chi connectivity index (χ2n) is 6.25. The van der Waals surface area contributed by atoms with Crippen LogP contribution >= 0.6 is 0 Å². The maximum absolute atomic E-state index is 12.3. The molecular formula is C19H19N3O3. The maximum Gasteiger partial charge on any atom is 0.289 e. The van der Waals surface area contributed by atoms with Crippen LogP contribution in [0.1, 0.15) is 52.7 Å². The quantitative estimate of drug-likeness (QED) is 0.786. The number of oxazole rings is 1. The van der Waals surface area contributed by atoms with Gasteiger partial charge in [0.1, 0.15) is 11.5 Å². The van der Waals surface area contributed by atoms with E-state index < -0.39 is 0 Å². The van der Waals surface area contributed by atoms with Gasteiger partial charge in [0.05, 0.1) is 12.2 Å². The van der Waals surface area contributed by atoms with Crippen LogP contribution in [0.25, 0.3) is 11.3 Å². The lowest BCUT2D eigenvalue weighted by Gasteiger charge is -2.13. The summed E-state index contributed by atoms with van der Waals surface area (Å²) in [6, 6.07) is 8.19. The molecule has 0 fully saturated rings. The number of hydrogen-bond donors (Lipinski definition) is 1. The molecule has 0 bridgehead atoms. The molecule has 6 nitrogen and oxygen atoms in total. The number of benzene rings is 1. The lowest BCUT2D eigenvalue weighted by molar-refractivity contribution is 0.0907. The molecule has 0 saturated heterocycles. The normalized spacial score (nSPS) is 16.0. The fraction of sp³-hybridized carbons (Fsp3) is 0.316. The summed E-state index contributed by atoms with van der Waals surface area (Å²) >= 11 is 0. The van der Waals surface area contributed by atoms with Gasteiger partial charge in [0.15, 0.2) is 5.89 Å². The van der Waals surface area contributed by atoms with E-state index in [1.54, 1.807) is 6.92 Å². The first-order valence-electron chi connectivity index (χ1n) is 8.46. The number of fused-ring (bicyclic) bond motifs is 1. The third kappa shape index (κ3) is 2.95. The van der Waals surface area contributed by atoms with Crippen LogP contribution in [0, 0.1) is 6.92 Å². The molecule has 1 atom stereocenters. The van der Waals surface area contributed by atoms with Crippen LogP contribution in [-0.2, 0) is 12.8 Å². The van der Waals surface area contributed by atoms with Crippen LogP contribution in [-0.4, -0.2) is 16.0 Å². The van der Waals surface area contributed by atoms with E-state index in [-0.39, 0.29) is 17.7 Å². The summed E-state index contributed by atoms with van der Waals surface area (Å²) in [6.45, 7) is 3.76. The Kier molecular flexibility index (Phi) is 3.87. The van der Waals surface area contributed by atoms with Crippen LogP contribution in [0.2, 0.25) is 0 Å². The maximum atomic E-state index is 12.3. The molecule has 4 rings (SSSR count). The van der Waals surface area contributed by atoms with Crippen molar-refractivity contribution in [2.75, 3.05) is 0 Å². The van der Waals surface area contributed by atoms with E-state index in [1.807, 2.05) is 19.1 Å². The summed E-state index contributed by atoms with van der Waals surface area (Å²) in [7, 11) is 0. The molecule has 1 N–H and O–H groups in total. The van der Waals surface area contributed by atoms with Crippen LogP contribution in [0.5, 0.6) is 0 Å². The lowest BCUT2D eigenvalue weighted by atomic mass is 10.0. The molecule has 1 aliphatic carbocycles. The molecule has 2 aromatic heterocycles. The molecule has 1 aromatic carbocycles. The minimum atomic E-state index is -0.230. The van der Waals surface area contributed by atoms with Gasteiger partial charge in [-0.15, -0.1) is 0 Å². The zero-order chi connectivity index (χ0) is 17.4. The smallest absolute Gasteiger partial charge is 0.289 e. The fourth-order valence-corrected chi connectivity index (χ4v) is 3.24. The highest BCUT2D eigenvalue weighted by Crippen LogP contribution is 2.34. The minimum absolute atomic E-state index is 0.00883. The molecule has 1 aliphatic rings. The number of carbonyl (C=O) groups is 1. The molecule has 6 heteroatoms. The Balaban J connectivity index is 1.54. The number of amides is 1. The molecule has 25 heavy (non-hydrogen) atoms. The van der Waals surface area contributed by atoms with Gasteiger partial charge in [0, 0.05) is 25.0 Å². The Labute approximate surface area is 145 Å². The summed E-state index contributed by atoms with van der Waals surface area (Å²) in [4.78, 5) is 16.2. The third-order valence-corrected chi connectivity index (χ3v) is 4.57. The molecular weight excluding hydrogens is 318 g/mol. The van der Waals surface area contributed by atoms with Crippen molar-refractivity contribution in [2.45, 2.75) is 39.2 Å². The summed E-state index contributed by atoms with van der Waals surface area (Å²) in [5.41, 5.74) is 4.27. The van der Waals surface area contributed by atoms with E-state index in [0.29, 0.717) is 5.89 Å². The summed E-state index contributed by atoms with van der Waals surface area (Å²) in [5.74, 6) is 1.38. The molecule has 3 aromatic rings. The summed E-state index contributed by atoms with van der Waals surface area (Å²) in [5, 5.41) is 7.16. The van der Waals surface area contributed by atoms with Crippen LogP contribution in [0.15, 0.2) is 39.4 Å². The van der Waals surface area contributed by atoms with Crippen LogP contribution in [0.4, 0.5) is 0 Å². The van der Waals surface area contributed by atoms with Crippen molar-refractivity contribution in [1.82, 2.24) is 15.5 Å². The molecule has 1 amide bonds. The topological polar surface area (TPSA) is 81.2 Å². The second-order valence-corrected chi connectivity index (χ2v) is 6.25. The van der Waals surface area contributed by atoms with E-state index in [1.165, 1.54) is 11.8 Å². The Morgan fingerprint density at radius 2 is 2.24 bits per heavy atom. The predicted molar refractivity (Wildman–Crippen MR) is 91.1 cm³/mol. The SMILES string of the molecule is CCc1cc(-c2ccc3c(c2)CCC3NC(=O)c2cnc(C)o2)no1. The third-order valence-electron chi connectivity index (χ3n) is 4.57. The first kappa shape index (κ1) is 15.6. The van der Waals surface area contributed by atoms with Gasteiger partial charge in [0.2, 0.25) is 5.76 Å². The molecule has 0 radical (unpaired) electrons. The van der Waals surface area contributed by atoms with Crippen LogP contribution < -0.4 is 5.32 Å². The monoisotopic (exact) mass is 337 g/mol. The molecule has 0 spiro atoms. The zero-order valence-corrected chi connectivity index (χ0v) is 14.2. The average molecular weight is 337 g/mol. The van der Waals surface area contributed by atoms with Crippen molar-refractivity contribution >= 4 is 5.91 Å². The lowest BCUT2D eigenvalue weighted by Crippen LogP contribution is -2.26. The van der Waals surface area contributed by atoms with E-state index in [4.69, 9.17) is 8.94 Å². The zero-order valence-electron chi connectivity index (χ0n) is 14.2. The van der Waals surface area contributed by atoms with Crippen molar-refractivity contribution in [2.24, 2.45) is 0 Å².